The minimum atomic E-state index is 0.285. The molecule has 1 aliphatic heterocycles. The standard InChI is InChI=1S/C18H28N2O/c1-16-10-6-7-11-17(16)14-19(2)15-18(21)20-12-8-4-3-5-9-13-20/h6-7,10-11H,3-5,8-9,12-15H2,1-2H3. The molecule has 0 bridgehead atoms. The van der Waals surface area contributed by atoms with Crippen LogP contribution in [0.1, 0.15) is 43.2 Å². The van der Waals surface area contributed by atoms with Crippen LogP contribution >= 0.6 is 0 Å². The van der Waals surface area contributed by atoms with Crippen molar-refractivity contribution in [2.24, 2.45) is 0 Å². The summed E-state index contributed by atoms with van der Waals surface area (Å²) in [5, 5.41) is 0. The summed E-state index contributed by atoms with van der Waals surface area (Å²) in [4.78, 5) is 16.6. The van der Waals surface area contributed by atoms with Crippen LogP contribution in [0, 0.1) is 6.92 Å². The number of rotatable bonds is 4. The van der Waals surface area contributed by atoms with E-state index in [4.69, 9.17) is 0 Å². The van der Waals surface area contributed by atoms with Gasteiger partial charge >= 0.3 is 0 Å². The highest BCUT2D eigenvalue weighted by atomic mass is 16.2. The number of hydrogen-bond acceptors (Lipinski definition) is 2. The first-order chi connectivity index (χ1) is 10.2. The van der Waals surface area contributed by atoms with Crippen LogP contribution in [-0.2, 0) is 11.3 Å². The average Bonchev–Trinajstić information content (AvgIpc) is 2.40. The summed E-state index contributed by atoms with van der Waals surface area (Å²) < 4.78 is 0. The Balaban J connectivity index is 1.84. The lowest BCUT2D eigenvalue weighted by atomic mass is 10.1. The van der Waals surface area contributed by atoms with Crippen LogP contribution in [0.3, 0.4) is 0 Å². The van der Waals surface area contributed by atoms with E-state index in [0.29, 0.717) is 6.54 Å². The minimum Gasteiger partial charge on any atom is -0.342 e. The largest absolute Gasteiger partial charge is 0.342 e. The number of aryl methyl sites for hydroxylation is 1. The van der Waals surface area contributed by atoms with E-state index in [9.17, 15) is 4.79 Å². The van der Waals surface area contributed by atoms with Gasteiger partial charge in [0.05, 0.1) is 6.54 Å². The number of amides is 1. The Morgan fingerprint density at radius 3 is 2.38 bits per heavy atom. The third-order valence-electron chi connectivity index (χ3n) is 4.32. The lowest BCUT2D eigenvalue weighted by molar-refractivity contribution is -0.132. The third-order valence-corrected chi connectivity index (χ3v) is 4.32. The fourth-order valence-corrected chi connectivity index (χ4v) is 2.96. The molecule has 116 valence electrons. The molecule has 1 aromatic rings. The van der Waals surface area contributed by atoms with Gasteiger partial charge in [-0.15, -0.1) is 0 Å². The molecule has 1 fully saturated rings. The van der Waals surface area contributed by atoms with E-state index < -0.39 is 0 Å². The Bertz CT molecular complexity index is 450. The van der Waals surface area contributed by atoms with Crippen molar-refractivity contribution in [2.75, 3.05) is 26.7 Å². The zero-order valence-electron chi connectivity index (χ0n) is 13.5. The molecular formula is C18H28N2O. The van der Waals surface area contributed by atoms with Crippen molar-refractivity contribution in [3.63, 3.8) is 0 Å². The number of likely N-dealkylation sites (N-methyl/N-ethyl adjacent to an activating group) is 1. The second kappa shape index (κ2) is 8.18. The number of benzene rings is 1. The minimum absolute atomic E-state index is 0.285. The molecule has 3 heteroatoms. The van der Waals surface area contributed by atoms with Gasteiger partial charge in [-0.05, 0) is 37.9 Å². The number of nitrogens with zero attached hydrogens (tertiary/aromatic N) is 2. The molecule has 2 rings (SSSR count). The van der Waals surface area contributed by atoms with E-state index in [-0.39, 0.29) is 5.91 Å². The van der Waals surface area contributed by atoms with Crippen molar-refractivity contribution < 1.29 is 4.79 Å². The van der Waals surface area contributed by atoms with E-state index in [2.05, 4.69) is 41.0 Å². The monoisotopic (exact) mass is 288 g/mol. The van der Waals surface area contributed by atoms with Crippen LogP contribution in [0.5, 0.6) is 0 Å². The van der Waals surface area contributed by atoms with Gasteiger partial charge in [0.1, 0.15) is 0 Å². The van der Waals surface area contributed by atoms with Gasteiger partial charge in [0, 0.05) is 19.6 Å². The van der Waals surface area contributed by atoms with E-state index in [1.807, 2.05) is 7.05 Å². The molecule has 3 nitrogen and oxygen atoms in total. The fourth-order valence-electron chi connectivity index (χ4n) is 2.96. The van der Waals surface area contributed by atoms with Gasteiger partial charge in [-0.2, -0.15) is 0 Å². The molecule has 0 atom stereocenters. The van der Waals surface area contributed by atoms with Crippen LogP contribution in [0.4, 0.5) is 0 Å². The first-order valence-corrected chi connectivity index (χ1v) is 8.17. The van der Waals surface area contributed by atoms with E-state index in [1.54, 1.807) is 0 Å². The SMILES string of the molecule is Cc1ccccc1CN(C)CC(=O)N1CCCCCCC1. The second-order valence-corrected chi connectivity index (χ2v) is 6.25. The molecular weight excluding hydrogens is 260 g/mol. The third kappa shape index (κ3) is 5.16. The molecule has 0 radical (unpaired) electrons. The van der Waals surface area contributed by atoms with E-state index in [0.717, 1.165) is 32.5 Å². The first kappa shape index (κ1) is 16.0. The lowest BCUT2D eigenvalue weighted by Gasteiger charge is -2.27. The fraction of sp³-hybridized carbons (Fsp3) is 0.611. The Morgan fingerprint density at radius 1 is 1.10 bits per heavy atom. The highest BCUT2D eigenvalue weighted by Gasteiger charge is 2.16. The number of carbonyl (C=O) groups is 1. The Kier molecular flexibility index (Phi) is 6.24. The molecule has 1 heterocycles. The van der Waals surface area contributed by atoms with Gasteiger partial charge in [-0.1, -0.05) is 43.5 Å². The van der Waals surface area contributed by atoms with Crippen molar-refractivity contribution in [1.29, 1.82) is 0 Å². The zero-order chi connectivity index (χ0) is 15.1. The highest BCUT2D eigenvalue weighted by Crippen LogP contribution is 2.12. The van der Waals surface area contributed by atoms with E-state index >= 15 is 0 Å². The van der Waals surface area contributed by atoms with Gasteiger partial charge in [0.25, 0.3) is 0 Å². The highest BCUT2D eigenvalue weighted by molar-refractivity contribution is 5.78. The molecule has 1 saturated heterocycles. The van der Waals surface area contributed by atoms with Crippen molar-refractivity contribution >= 4 is 5.91 Å². The summed E-state index contributed by atoms with van der Waals surface area (Å²) >= 11 is 0. The van der Waals surface area contributed by atoms with Crippen molar-refractivity contribution in [3.8, 4) is 0 Å². The lowest BCUT2D eigenvalue weighted by Crippen LogP contribution is -2.40. The van der Waals surface area contributed by atoms with E-state index in [1.165, 1.54) is 30.4 Å². The Labute approximate surface area is 128 Å². The van der Waals surface area contributed by atoms with Gasteiger partial charge < -0.3 is 4.90 Å². The molecule has 0 saturated carbocycles. The summed E-state index contributed by atoms with van der Waals surface area (Å²) in [6.07, 6.45) is 6.18. The maximum absolute atomic E-state index is 12.4. The molecule has 0 aromatic heterocycles. The van der Waals surface area contributed by atoms with Crippen molar-refractivity contribution in [2.45, 2.75) is 45.6 Å². The number of likely N-dealkylation sites (tertiary alicyclic amines) is 1. The summed E-state index contributed by atoms with van der Waals surface area (Å²) in [5.74, 6) is 0.285. The Hall–Kier alpha value is -1.35. The quantitative estimate of drug-likeness (QED) is 0.849. The number of carbonyl (C=O) groups excluding carboxylic acids is 1. The normalized spacial score (nSPS) is 16.6. The molecule has 0 spiro atoms. The molecule has 1 aromatic carbocycles. The molecule has 0 aliphatic carbocycles. The number of hydrogen-bond donors (Lipinski definition) is 0. The first-order valence-electron chi connectivity index (χ1n) is 8.17. The van der Waals surface area contributed by atoms with Crippen molar-refractivity contribution in [1.82, 2.24) is 9.80 Å². The summed E-state index contributed by atoms with van der Waals surface area (Å²) in [6, 6.07) is 8.40. The molecule has 1 aliphatic rings. The predicted molar refractivity (Wildman–Crippen MR) is 87.2 cm³/mol. The average molecular weight is 288 g/mol. The molecule has 21 heavy (non-hydrogen) atoms. The van der Waals surface area contributed by atoms with Gasteiger partial charge in [-0.25, -0.2) is 0 Å². The zero-order valence-corrected chi connectivity index (χ0v) is 13.5. The smallest absolute Gasteiger partial charge is 0.236 e. The van der Waals surface area contributed by atoms with Gasteiger partial charge in [0.2, 0.25) is 5.91 Å². The Morgan fingerprint density at radius 2 is 1.71 bits per heavy atom. The van der Waals surface area contributed by atoms with Crippen LogP contribution in [0.15, 0.2) is 24.3 Å². The van der Waals surface area contributed by atoms with Crippen molar-refractivity contribution in [3.05, 3.63) is 35.4 Å². The second-order valence-electron chi connectivity index (χ2n) is 6.25. The maximum Gasteiger partial charge on any atom is 0.236 e. The molecule has 1 amide bonds. The van der Waals surface area contributed by atoms with Gasteiger partial charge in [-0.3, -0.25) is 9.69 Å². The summed E-state index contributed by atoms with van der Waals surface area (Å²) in [6.45, 7) is 5.37. The topological polar surface area (TPSA) is 23.6 Å². The molecule has 0 unspecified atom stereocenters. The predicted octanol–water partition coefficient (Wildman–Crippen LogP) is 3.22. The van der Waals surface area contributed by atoms with Crippen LogP contribution in [-0.4, -0.2) is 42.4 Å². The van der Waals surface area contributed by atoms with Crippen LogP contribution in [0.2, 0.25) is 0 Å². The van der Waals surface area contributed by atoms with Crippen LogP contribution in [0.25, 0.3) is 0 Å². The summed E-state index contributed by atoms with van der Waals surface area (Å²) in [5.41, 5.74) is 2.60. The molecule has 0 N–H and O–H groups in total. The summed E-state index contributed by atoms with van der Waals surface area (Å²) in [7, 11) is 2.04. The van der Waals surface area contributed by atoms with Gasteiger partial charge in [0.15, 0.2) is 0 Å². The van der Waals surface area contributed by atoms with Crippen LogP contribution < -0.4 is 0 Å². The maximum atomic E-state index is 12.4.